The molecule has 12 heteroatoms. The normalized spacial score (nSPS) is 11.7. The smallest absolute Gasteiger partial charge is 0.264 e. The predicted octanol–water partition coefficient (Wildman–Crippen LogP) is 6.23. The third-order valence-corrected chi connectivity index (χ3v) is 10.0. The quantitative estimate of drug-likeness (QED) is 0.136. The molecule has 0 aromatic heterocycles. The maximum Gasteiger partial charge on any atom is 0.264 e. The summed E-state index contributed by atoms with van der Waals surface area (Å²) in [6.07, 6.45) is 0.934. The first-order chi connectivity index (χ1) is 23.6. The van der Waals surface area contributed by atoms with Crippen LogP contribution in [0.5, 0.6) is 17.2 Å². The highest BCUT2D eigenvalue weighted by Crippen LogP contribution is 2.33. The number of hydrogen-bond donors (Lipinski definition) is 1. The van der Waals surface area contributed by atoms with Gasteiger partial charge in [-0.3, -0.25) is 13.9 Å². The molecule has 4 aromatic carbocycles. The van der Waals surface area contributed by atoms with E-state index in [0.717, 1.165) is 19.9 Å². The molecule has 2 amide bonds. The SMILES string of the molecule is CCCNC(=O)[C@H](Cc1ccccc1)N(Cc1ccc(Br)cc1)C(=O)CN(c1ccc(OCC)cc1)S(=O)(=O)c1ccc(OC)c(OC)c1. The fourth-order valence-electron chi connectivity index (χ4n) is 5.21. The Balaban J connectivity index is 1.82. The van der Waals surface area contributed by atoms with Crippen molar-refractivity contribution >= 4 is 43.5 Å². The lowest BCUT2D eigenvalue weighted by molar-refractivity contribution is -0.140. The van der Waals surface area contributed by atoms with Crippen LogP contribution in [0.4, 0.5) is 5.69 Å². The van der Waals surface area contributed by atoms with E-state index in [-0.39, 0.29) is 35.2 Å². The molecule has 0 heterocycles. The second kappa shape index (κ2) is 17.7. The fourth-order valence-corrected chi connectivity index (χ4v) is 6.91. The van der Waals surface area contributed by atoms with Gasteiger partial charge in [0.25, 0.3) is 10.0 Å². The van der Waals surface area contributed by atoms with E-state index in [1.807, 2.05) is 68.4 Å². The highest BCUT2D eigenvalue weighted by atomic mass is 79.9. The molecule has 1 atom stereocenters. The monoisotopic (exact) mass is 751 g/mol. The number of methoxy groups -OCH3 is 2. The van der Waals surface area contributed by atoms with Crippen molar-refractivity contribution in [1.29, 1.82) is 0 Å². The van der Waals surface area contributed by atoms with Crippen molar-refractivity contribution in [2.45, 2.75) is 44.2 Å². The molecule has 49 heavy (non-hydrogen) atoms. The van der Waals surface area contributed by atoms with Gasteiger partial charge >= 0.3 is 0 Å². The molecule has 0 aliphatic rings. The van der Waals surface area contributed by atoms with Crippen molar-refractivity contribution in [3.63, 3.8) is 0 Å². The van der Waals surface area contributed by atoms with E-state index in [1.165, 1.54) is 37.3 Å². The van der Waals surface area contributed by atoms with Crippen molar-refractivity contribution in [3.8, 4) is 17.2 Å². The molecule has 0 spiro atoms. The molecule has 260 valence electrons. The summed E-state index contributed by atoms with van der Waals surface area (Å²) >= 11 is 3.46. The van der Waals surface area contributed by atoms with E-state index < -0.39 is 28.5 Å². The highest BCUT2D eigenvalue weighted by Gasteiger charge is 2.35. The molecule has 4 rings (SSSR count). The van der Waals surface area contributed by atoms with E-state index in [1.54, 1.807) is 24.3 Å². The molecule has 0 radical (unpaired) electrons. The van der Waals surface area contributed by atoms with Gasteiger partial charge in [0.15, 0.2) is 11.5 Å². The number of nitrogens with zero attached hydrogens (tertiary/aromatic N) is 2. The maximum atomic E-state index is 14.6. The number of rotatable bonds is 17. The molecule has 0 unspecified atom stereocenters. The number of amides is 2. The summed E-state index contributed by atoms with van der Waals surface area (Å²) < 4.78 is 47.1. The summed E-state index contributed by atoms with van der Waals surface area (Å²) in [6.45, 7) is 4.13. The molecule has 10 nitrogen and oxygen atoms in total. The Hall–Kier alpha value is -4.55. The van der Waals surface area contributed by atoms with E-state index in [9.17, 15) is 18.0 Å². The third kappa shape index (κ3) is 9.76. The van der Waals surface area contributed by atoms with Gasteiger partial charge in [-0.25, -0.2) is 8.42 Å². The number of hydrogen-bond acceptors (Lipinski definition) is 7. The van der Waals surface area contributed by atoms with Crippen molar-refractivity contribution in [2.24, 2.45) is 0 Å². The number of ether oxygens (including phenoxy) is 3. The number of carbonyl (C=O) groups is 2. The standard InChI is InChI=1S/C37H42BrN3O7S/c1-5-22-39-37(43)33(23-27-10-8-7-9-11-27)40(25-28-12-14-29(38)15-13-28)36(42)26-41(30-16-18-31(19-17-30)48-6-2)49(44,45)32-20-21-34(46-3)35(24-32)47-4/h7-21,24,33H,5-6,22-23,25-26H2,1-4H3,(H,39,43)/t33-/m0/s1. The topological polar surface area (TPSA) is 114 Å². The zero-order chi connectivity index (χ0) is 35.4. The van der Waals surface area contributed by atoms with Gasteiger partial charge in [-0.15, -0.1) is 0 Å². The van der Waals surface area contributed by atoms with Crippen LogP contribution >= 0.6 is 15.9 Å². The van der Waals surface area contributed by atoms with Crippen LogP contribution in [0.1, 0.15) is 31.4 Å². The van der Waals surface area contributed by atoms with Crippen LogP contribution in [-0.4, -0.2) is 65.1 Å². The summed E-state index contributed by atoms with van der Waals surface area (Å²) in [6, 6.07) is 26.7. The Labute approximate surface area is 297 Å². The average Bonchev–Trinajstić information content (AvgIpc) is 3.12. The molecule has 1 N–H and O–H groups in total. The Kier molecular flexibility index (Phi) is 13.5. The van der Waals surface area contributed by atoms with Crippen LogP contribution in [0.15, 0.2) is 106 Å². The molecule has 4 aromatic rings. The van der Waals surface area contributed by atoms with Gasteiger partial charge in [-0.05, 0) is 73.0 Å². The minimum absolute atomic E-state index is 0.0662. The van der Waals surface area contributed by atoms with Crippen LogP contribution < -0.4 is 23.8 Å². The van der Waals surface area contributed by atoms with E-state index in [4.69, 9.17) is 14.2 Å². The lowest BCUT2D eigenvalue weighted by atomic mass is 10.0. The largest absolute Gasteiger partial charge is 0.494 e. The van der Waals surface area contributed by atoms with Gasteiger partial charge in [0.1, 0.15) is 18.3 Å². The molecule has 0 fully saturated rings. The second-order valence-corrected chi connectivity index (χ2v) is 13.9. The van der Waals surface area contributed by atoms with Gasteiger partial charge in [0, 0.05) is 30.0 Å². The molecule has 0 saturated carbocycles. The Morgan fingerprint density at radius 1 is 0.837 bits per heavy atom. The summed E-state index contributed by atoms with van der Waals surface area (Å²) in [5.74, 6) is 0.231. The highest BCUT2D eigenvalue weighted by molar-refractivity contribution is 9.10. The number of sulfonamides is 1. The van der Waals surface area contributed by atoms with Crippen LogP contribution in [0.25, 0.3) is 0 Å². The summed E-state index contributed by atoms with van der Waals surface area (Å²) in [7, 11) is -1.49. The first-order valence-corrected chi connectivity index (χ1v) is 18.2. The first kappa shape index (κ1) is 37.3. The number of carbonyl (C=O) groups excluding carboxylic acids is 2. The number of nitrogens with one attached hydrogen (secondary N) is 1. The molecule has 0 aliphatic heterocycles. The van der Waals surface area contributed by atoms with Gasteiger partial charge in [0.05, 0.1) is 31.4 Å². The average molecular weight is 753 g/mol. The number of anilines is 1. The lowest BCUT2D eigenvalue weighted by Crippen LogP contribution is -2.53. The molecule has 0 saturated heterocycles. The fraction of sp³-hybridized carbons (Fsp3) is 0.297. The van der Waals surface area contributed by atoms with Crippen molar-refractivity contribution in [2.75, 3.05) is 38.2 Å². The molecule has 0 aliphatic carbocycles. The maximum absolute atomic E-state index is 14.6. The third-order valence-electron chi connectivity index (χ3n) is 7.74. The minimum Gasteiger partial charge on any atom is -0.494 e. The van der Waals surface area contributed by atoms with Gasteiger partial charge in [-0.1, -0.05) is 65.3 Å². The van der Waals surface area contributed by atoms with E-state index in [2.05, 4.69) is 21.2 Å². The van der Waals surface area contributed by atoms with Gasteiger partial charge < -0.3 is 24.4 Å². The lowest BCUT2D eigenvalue weighted by Gasteiger charge is -2.34. The molecular formula is C37H42BrN3O7S. The second-order valence-electron chi connectivity index (χ2n) is 11.1. The Morgan fingerprint density at radius 2 is 1.51 bits per heavy atom. The molecule has 0 bridgehead atoms. The first-order valence-electron chi connectivity index (χ1n) is 15.9. The Bertz CT molecular complexity index is 1790. The zero-order valence-electron chi connectivity index (χ0n) is 28.1. The van der Waals surface area contributed by atoms with Crippen molar-refractivity contribution in [3.05, 3.63) is 113 Å². The van der Waals surface area contributed by atoms with Crippen LogP contribution in [-0.2, 0) is 32.6 Å². The van der Waals surface area contributed by atoms with Gasteiger partial charge in [-0.2, -0.15) is 0 Å². The van der Waals surface area contributed by atoms with Crippen LogP contribution in [0.2, 0.25) is 0 Å². The number of benzene rings is 4. The predicted molar refractivity (Wildman–Crippen MR) is 194 cm³/mol. The van der Waals surface area contributed by atoms with Crippen LogP contribution in [0.3, 0.4) is 0 Å². The summed E-state index contributed by atoms with van der Waals surface area (Å²) in [5, 5.41) is 2.95. The zero-order valence-corrected chi connectivity index (χ0v) is 30.5. The van der Waals surface area contributed by atoms with Crippen molar-refractivity contribution < 1.29 is 32.2 Å². The minimum atomic E-state index is -4.36. The van der Waals surface area contributed by atoms with Gasteiger partial charge in [0.2, 0.25) is 11.8 Å². The van der Waals surface area contributed by atoms with E-state index >= 15 is 0 Å². The van der Waals surface area contributed by atoms with E-state index in [0.29, 0.717) is 31.1 Å². The molecular weight excluding hydrogens is 710 g/mol. The Morgan fingerprint density at radius 3 is 2.12 bits per heavy atom. The summed E-state index contributed by atoms with van der Waals surface area (Å²) in [4.78, 5) is 29.8. The van der Waals surface area contributed by atoms with Crippen molar-refractivity contribution in [1.82, 2.24) is 10.2 Å². The summed E-state index contributed by atoms with van der Waals surface area (Å²) in [5.41, 5.74) is 1.87. The number of halogens is 1. The van der Waals surface area contributed by atoms with Crippen LogP contribution in [0, 0.1) is 0 Å².